The first-order valence-corrected chi connectivity index (χ1v) is 11.1. The van der Waals surface area contributed by atoms with Crippen molar-refractivity contribution in [3.63, 3.8) is 0 Å². The van der Waals surface area contributed by atoms with Crippen LogP contribution in [0.3, 0.4) is 0 Å². The molecule has 30 heavy (non-hydrogen) atoms. The highest BCUT2D eigenvalue weighted by Crippen LogP contribution is 2.43. The van der Waals surface area contributed by atoms with E-state index >= 15 is 0 Å². The zero-order valence-corrected chi connectivity index (χ0v) is 18.8. The van der Waals surface area contributed by atoms with Gasteiger partial charge in [0.1, 0.15) is 11.1 Å². The van der Waals surface area contributed by atoms with E-state index in [0.29, 0.717) is 30.1 Å². The lowest BCUT2D eigenvalue weighted by Gasteiger charge is -2.42. The van der Waals surface area contributed by atoms with Gasteiger partial charge in [0.05, 0.1) is 5.92 Å². The molecule has 0 amide bonds. The van der Waals surface area contributed by atoms with E-state index in [0.717, 1.165) is 11.4 Å². The van der Waals surface area contributed by atoms with Crippen molar-refractivity contribution < 1.29 is 23.4 Å². The molecule has 3 atom stereocenters. The van der Waals surface area contributed by atoms with Gasteiger partial charge in [-0.1, -0.05) is 44.1 Å². The van der Waals surface area contributed by atoms with E-state index in [4.69, 9.17) is 11.6 Å². The molecule has 1 saturated heterocycles. The number of hydrogen-bond acceptors (Lipinski definition) is 5. The van der Waals surface area contributed by atoms with E-state index in [1.54, 1.807) is 6.07 Å². The molecule has 1 fully saturated rings. The number of rotatable bonds is 6. The number of aliphatic carboxylic acids is 1. The Labute approximate surface area is 184 Å². The molecule has 0 aromatic heterocycles. The number of hydrogen-bond donors (Lipinski definition) is 2. The number of carboxylic acid groups (broad SMARTS) is 1. The third kappa shape index (κ3) is 5.80. The highest BCUT2D eigenvalue weighted by Gasteiger charge is 2.37. The van der Waals surface area contributed by atoms with E-state index in [9.17, 15) is 18.7 Å². The molecule has 9 heteroatoms. The van der Waals surface area contributed by atoms with Gasteiger partial charge in [0.25, 0.3) is 0 Å². The number of thioether (sulfide) groups is 1. The molecule has 2 heterocycles. The van der Waals surface area contributed by atoms with E-state index in [2.05, 4.69) is 35.7 Å². The minimum absolute atomic E-state index is 0.0205. The molecule has 1 unspecified atom stereocenters. The first kappa shape index (κ1) is 23.2. The lowest BCUT2D eigenvalue weighted by atomic mass is 9.73. The molecule has 0 saturated carbocycles. The van der Waals surface area contributed by atoms with Gasteiger partial charge < -0.3 is 15.2 Å². The van der Waals surface area contributed by atoms with Gasteiger partial charge in [-0.05, 0) is 36.0 Å². The number of alkyl halides is 2. The molecule has 166 valence electrons. The lowest BCUT2D eigenvalue weighted by molar-refractivity contribution is -0.145. The fraction of sp³-hybridized carbons (Fsp3) is 0.571. The third-order valence-electron chi connectivity index (χ3n) is 5.61. The van der Waals surface area contributed by atoms with Crippen LogP contribution < -0.4 is 10.1 Å². The summed E-state index contributed by atoms with van der Waals surface area (Å²) in [6.45, 7) is 5.45. The topological polar surface area (TPSA) is 61.8 Å². The number of piperidine rings is 1. The lowest BCUT2D eigenvalue weighted by Crippen LogP contribution is -2.47. The number of likely N-dealkylation sites (tertiary alicyclic amines) is 1. The van der Waals surface area contributed by atoms with E-state index < -0.39 is 18.5 Å². The average Bonchev–Trinajstić information content (AvgIpc) is 3.10. The second-order valence-corrected chi connectivity index (χ2v) is 10.5. The summed E-state index contributed by atoms with van der Waals surface area (Å²) in [4.78, 5) is 14.8. The van der Waals surface area contributed by atoms with Gasteiger partial charge >= 0.3 is 12.6 Å². The summed E-state index contributed by atoms with van der Waals surface area (Å²) in [5, 5.41) is 12.9. The van der Waals surface area contributed by atoms with Gasteiger partial charge in [-0.15, -0.1) is 0 Å². The van der Waals surface area contributed by atoms with E-state index in [-0.39, 0.29) is 22.5 Å². The Hall–Kier alpha value is -1.51. The molecule has 0 spiro atoms. The van der Waals surface area contributed by atoms with Crippen LogP contribution in [0, 0.1) is 17.3 Å². The summed E-state index contributed by atoms with van der Waals surface area (Å²) in [5.41, 5.74) is 0.570. The molecule has 2 N–H and O–H groups in total. The standard InChI is InChI=1S/C21H27ClF2N2O3S/c1-21(2,3)13-6-12(19(27)28)9-26(10-13)11-15-8-25-18(30-15)16-7-14(22)4-5-17(16)29-20(23)24/h4-5,7-8,12-13,18,20,25H,6,9-11H2,1-3H3,(H,27,28)/t12-,13-,18?/m1/s1. The fourth-order valence-electron chi connectivity index (χ4n) is 3.90. The maximum atomic E-state index is 12.8. The molecule has 2 aliphatic rings. The molecule has 2 aliphatic heterocycles. The van der Waals surface area contributed by atoms with Crippen LogP contribution in [0.4, 0.5) is 8.78 Å². The second-order valence-electron chi connectivity index (χ2n) is 8.86. The molecule has 1 aromatic carbocycles. The third-order valence-corrected chi connectivity index (χ3v) is 7.03. The number of carboxylic acids is 1. The highest BCUT2D eigenvalue weighted by molar-refractivity contribution is 8.03. The minimum atomic E-state index is -2.92. The SMILES string of the molecule is CC(C)(C)[C@@H]1C[C@@H](C(=O)O)CN(CC2=CNC(c3cc(Cl)ccc3OC(F)F)S2)C1. The largest absolute Gasteiger partial charge is 0.481 e. The van der Waals surface area contributed by atoms with Crippen LogP contribution in [-0.2, 0) is 4.79 Å². The number of halogens is 3. The van der Waals surface area contributed by atoms with Crippen LogP contribution in [0.25, 0.3) is 0 Å². The minimum Gasteiger partial charge on any atom is -0.481 e. The predicted molar refractivity (Wildman–Crippen MR) is 115 cm³/mol. The Kier molecular flexibility index (Phi) is 7.20. The zero-order valence-electron chi connectivity index (χ0n) is 17.2. The number of nitrogens with zero attached hydrogens (tertiary/aromatic N) is 1. The van der Waals surface area contributed by atoms with Gasteiger partial charge in [-0.2, -0.15) is 8.78 Å². The zero-order chi connectivity index (χ0) is 22.1. The van der Waals surface area contributed by atoms with Crippen LogP contribution >= 0.6 is 23.4 Å². The Morgan fingerprint density at radius 3 is 2.77 bits per heavy atom. The Morgan fingerprint density at radius 2 is 2.13 bits per heavy atom. The monoisotopic (exact) mass is 460 g/mol. The van der Waals surface area contributed by atoms with Crippen LogP contribution in [0.5, 0.6) is 5.75 Å². The molecule has 0 aliphatic carbocycles. The smallest absolute Gasteiger partial charge is 0.387 e. The number of benzene rings is 1. The predicted octanol–water partition coefficient (Wildman–Crippen LogP) is 5.19. The first-order valence-electron chi connectivity index (χ1n) is 9.84. The van der Waals surface area contributed by atoms with Crippen LogP contribution in [-0.4, -0.2) is 42.2 Å². The molecule has 0 radical (unpaired) electrons. The van der Waals surface area contributed by atoms with Gasteiger partial charge in [-0.3, -0.25) is 9.69 Å². The molecular weight excluding hydrogens is 434 g/mol. The van der Waals surface area contributed by atoms with Crippen molar-refractivity contribution in [1.29, 1.82) is 0 Å². The van der Waals surface area contributed by atoms with Crippen molar-refractivity contribution in [1.82, 2.24) is 10.2 Å². The maximum Gasteiger partial charge on any atom is 0.387 e. The Balaban J connectivity index is 1.68. The van der Waals surface area contributed by atoms with Crippen molar-refractivity contribution in [3.8, 4) is 5.75 Å². The molecular formula is C21H27ClF2N2O3S. The quantitative estimate of drug-likeness (QED) is 0.609. The average molecular weight is 461 g/mol. The van der Waals surface area contributed by atoms with Crippen molar-refractivity contribution in [3.05, 3.63) is 39.9 Å². The van der Waals surface area contributed by atoms with Crippen LogP contribution in [0.1, 0.15) is 38.1 Å². The summed E-state index contributed by atoms with van der Waals surface area (Å²) < 4.78 is 30.2. The number of ether oxygens (including phenoxy) is 1. The normalized spacial score (nSPS) is 25.2. The molecule has 3 rings (SSSR count). The van der Waals surface area contributed by atoms with Gasteiger partial charge in [0, 0.05) is 41.3 Å². The fourth-order valence-corrected chi connectivity index (χ4v) is 5.22. The summed E-state index contributed by atoms with van der Waals surface area (Å²) in [6.07, 6.45) is 2.54. The molecule has 5 nitrogen and oxygen atoms in total. The molecule has 0 bridgehead atoms. The van der Waals surface area contributed by atoms with Crippen molar-refractivity contribution in [2.45, 2.75) is 39.2 Å². The van der Waals surface area contributed by atoms with Crippen LogP contribution in [0.15, 0.2) is 29.3 Å². The second kappa shape index (κ2) is 9.32. The van der Waals surface area contributed by atoms with Gasteiger partial charge in [0.2, 0.25) is 0 Å². The van der Waals surface area contributed by atoms with Gasteiger partial charge in [-0.25, -0.2) is 0 Å². The van der Waals surface area contributed by atoms with E-state index in [1.807, 2.05) is 6.20 Å². The van der Waals surface area contributed by atoms with Crippen molar-refractivity contribution in [2.75, 3.05) is 19.6 Å². The van der Waals surface area contributed by atoms with Gasteiger partial charge in [0.15, 0.2) is 0 Å². The van der Waals surface area contributed by atoms with Crippen molar-refractivity contribution >= 4 is 29.3 Å². The number of carbonyl (C=O) groups is 1. The van der Waals surface area contributed by atoms with Crippen LogP contribution in [0.2, 0.25) is 5.02 Å². The Morgan fingerprint density at radius 1 is 1.40 bits per heavy atom. The molecule has 1 aromatic rings. The highest BCUT2D eigenvalue weighted by atomic mass is 35.5. The number of nitrogens with one attached hydrogen (secondary N) is 1. The summed E-state index contributed by atoms with van der Waals surface area (Å²) >= 11 is 7.57. The summed E-state index contributed by atoms with van der Waals surface area (Å²) in [6, 6.07) is 4.58. The summed E-state index contributed by atoms with van der Waals surface area (Å²) in [7, 11) is 0. The Bertz CT molecular complexity index is 816. The van der Waals surface area contributed by atoms with E-state index in [1.165, 1.54) is 23.9 Å². The van der Waals surface area contributed by atoms with Crippen molar-refractivity contribution in [2.24, 2.45) is 17.3 Å². The first-order chi connectivity index (χ1) is 14.0. The maximum absolute atomic E-state index is 12.8. The summed E-state index contributed by atoms with van der Waals surface area (Å²) in [5.74, 6) is -0.781.